The van der Waals surface area contributed by atoms with Crippen LogP contribution in [0.3, 0.4) is 0 Å². The Balaban J connectivity index is 2.58. The predicted octanol–water partition coefficient (Wildman–Crippen LogP) is 0.817. The zero-order valence-electron chi connectivity index (χ0n) is 8.72. The summed E-state index contributed by atoms with van der Waals surface area (Å²) in [6, 6.07) is 7.22. The molecule has 4 heteroatoms. The zero-order chi connectivity index (χ0) is 11.1. The summed E-state index contributed by atoms with van der Waals surface area (Å²) in [4.78, 5) is 0. The van der Waals surface area contributed by atoms with Gasteiger partial charge in [-0.05, 0) is 19.1 Å². The van der Waals surface area contributed by atoms with Crippen molar-refractivity contribution in [1.29, 1.82) is 0 Å². The minimum absolute atomic E-state index is 0.0561. The first-order chi connectivity index (χ1) is 7.27. The van der Waals surface area contributed by atoms with E-state index in [4.69, 9.17) is 19.7 Å². The lowest BCUT2D eigenvalue weighted by Crippen LogP contribution is -2.21. The number of aliphatic hydroxyl groups is 2. The molecule has 0 aliphatic carbocycles. The average molecular weight is 212 g/mol. The molecule has 0 unspecified atom stereocenters. The maximum absolute atomic E-state index is 9.12. The summed E-state index contributed by atoms with van der Waals surface area (Å²) in [5.74, 6) is 1.22. The smallest absolute Gasteiger partial charge is 0.161 e. The number of rotatable bonds is 6. The van der Waals surface area contributed by atoms with Crippen LogP contribution in [0.2, 0.25) is 0 Å². The van der Waals surface area contributed by atoms with Gasteiger partial charge in [0.1, 0.15) is 12.7 Å². The van der Waals surface area contributed by atoms with Crippen molar-refractivity contribution in [3.05, 3.63) is 24.3 Å². The molecule has 2 N–H and O–H groups in total. The van der Waals surface area contributed by atoms with Crippen LogP contribution in [0.4, 0.5) is 0 Å². The van der Waals surface area contributed by atoms with Crippen molar-refractivity contribution in [2.24, 2.45) is 0 Å². The van der Waals surface area contributed by atoms with E-state index in [2.05, 4.69) is 0 Å². The molecule has 0 aliphatic heterocycles. The van der Waals surface area contributed by atoms with Crippen LogP contribution in [0.5, 0.6) is 11.5 Å². The lowest BCUT2D eigenvalue weighted by molar-refractivity contribution is 0.0525. The molecule has 4 nitrogen and oxygen atoms in total. The van der Waals surface area contributed by atoms with Gasteiger partial charge in [-0.1, -0.05) is 12.1 Å². The third-order valence-corrected chi connectivity index (χ3v) is 1.79. The Hall–Kier alpha value is -1.26. The van der Waals surface area contributed by atoms with E-state index in [9.17, 15) is 0 Å². The van der Waals surface area contributed by atoms with Crippen LogP contribution < -0.4 is 9.47 Å². The minimum Gasteiger partial charge on any atom is -0.490 e. The number of hydrogen-bond acceptors (Lipinski definition) is 4. The van der Waals surface area contributed by atoms with Crippen molar-refractivity contribution in [3.8, 4) is 11.5 Å². The third kappa shape index (κ3) is 3.77. The van der Waals surface area contributed by atoms with Crippen molar-refractivity contribution < 1.29 is 19.7 Å². The predicted molar refractivity (Wildman–Crippen MR) is 56.2 cm³/mol. The third-order valence-electron chi connectivity index (χ3n) is 1.79. The van der Waals surface area contributed by atoms with E-state index in [1.165, 1.54) is 0 Å². The van der Waals surface area contributed by atoms with E-state index in [0.29, 0.717) is 18.1 Å². The van der Waals surface area contributed by atoms with Crippen LogP contribution in [-0.4, -0.2) is 36.1 Å². The molecule has 0 amide bonds. The number of para-hydroxylation sites is 2. The van der Waals surface area contributed by atoms with Crippen LogP contribution in [-0.2, 0) is 0 Å². The normalized spacial score (nSPS) is 12.2. The van der Waals surface area contributed by atoms with Crippen molar-refractivity contribution in [2.75, 3.05) is 19.8 Å². The number of aliphatic hydroxyl groups excluding tert-OH is 2. The van der Waals surface area contributed by atoms with Crippen LogP contribution in [0.25, 0.3) is 0 Å². The summed E-state index contributed by atoms with van der Waals surface area (Å²) in [6.45, 7) is 2.19. The standard InChI is InChI=1S/C11H16O4/c1-2-14-10-5-3-4-6-11(10)15-8-9(13)7-12/h3-6,9,12-13H,2,7-8H2,1H3/t9-/m1/s1. The minimum atomic E-state index is -0.861. The summed E-state index contributed by atoms with van der Waals surface area (Å²) in [5, 5.41) is 17.7. The fourth-order valence-corrected chi connectivity index (χ4v) is 1.08. The molecule has 0 radical (unpaired) electrons. The van der Waals surface area contributed by atoms with Gasteiger partial charge in [0.25, 0.3) is 0 Å². The number of benzene rings is 1. The number of ether oxygens (including phenoxy) is 2. The molecule has 0 saturated heterocycles. The van der Waals surface area contributed by atoms with E-state index in [-0.39, 0.29) is 13.2 Å². The van der Waals surface area contributed by atoms with Crippen LogP contribution in [0.1, 0.15) is 6.92 Å². The maximum atomic E-state index is 9.12. The van der Waals surface area contributed by atoms with Crippen molar-refractivity contribution in [3.63, 3.8) is 0 Å². The monoisotopic (exact) mass is 212 g/mol. The fraction of sp³-hybridized carbons (Fsp3) is 0.455. The zero-order valence-corrected chi connectivity index (χ0v) is 8.72. The molecule has 0 bridgehead atoms. The Kier molecular flexibility index (Phi) is 4.93. The molecule has 0 aromatic heterocycles. The summed E-state index contributed by atoms with van der Waals surface area (Å²) in [5.41, 5.74) is 0. The van der Waals surface area contributed by atoms with Gasteiger partial charge in [0.15, 0.2) is 11.5 Å². The topological polar surface area (TPSA) is 58.9 Å². The molecule has 15 heavy (non-hydrogen) atoms. The Morgan fingerprint density at radius 1 is 1.20 bits per heavy atom. The van der Waals surface area contributed by atoms with Crippen molar-refractivity contribution in [1.82, 2.24) is 0 Å². The first-order valence-electron chi connectivity index (χ1n) is 4.91. The van der Waals surface area contributed by atoms with Gasteiger partial charge in [0.2, 0.25) is 0 Å². The van der Waals surface area contributed by atoms with Crippen LogP contribution >= 0.6 is 0 Å². The Bertz CT molecular complexity index is 288. The molecule has 0 saturated carbocycles. The Labute approximate surface area is 89.1 Å². The molecule has 84 valence electrons. The molecule has 1 aromatic carbocycles. The summed E-state index contributed by atoms with van der Waals surface area (Å²) >= 11 is 0. The van der Waals surface area contributed by atoms with E-state index in [1.54, 1.807) is 12.1 Å². The van der Waals surface area contributed by atoms with Gasteiger partial charge in [0.05, 0.1) is 13.2 Å². The van der Waals surface area contributed by atoms with Gasteiger partial charge in [-0.25, -0.2) is 0 Å². The van der Waals surface area contributed by atoms with E-state index in [0.717, 1.165) is 0 Å². The lowest BCUT2D eigenvalue weighted by atomic mass is 10.3. The fourth-order valence-electron chi connectivity index (χ4n) is 1.08. The molecule has 0 aliphatic rings. The Morgan fingerprint density at radius 2 is 1.80 bits per heavy atom. The largest absolute Gasteiger partial charge is 0.490 e. The number of hydrogen-bond donors (Lipinski definition) is 2. The van der Waals surface area contributed by atoms with Crippen molar-refractivity contribution in [2.45, 2.75) is 13.0 Å². The van der Waals surface area contributed by atoms with E-state index in [1.807, 2.05) is 19.1 Å². The van der Waals surface area contributed by atoms with Gasteiger partial charge in [0, 0.05) is 0 Å². The van der Waals surface area contributed by atoms with Crippen LogP contribution in [0.15, 0.2) is 24.3 Å². The highest BCUT2D eigenvalue weighted by atomic mass is 16.5. The van der Waals surface area contributed by atoms with E-state index < -0.39 is 6.10 Å². The summed E-state index contributed by atoms with van der Waals surface area (Å²) in [6.07, 6.45) is -0.861. The maximum Gasteiger partial charge on any atom is 0.161 e. The van der Waals surface area contributed by atoms with Gasteiger partial charge in [-0.15, -0.1) is 0 Å². The highest BCUT2D eigenvalue weighted by Gasteiger charge is 2.06. The molecule has 0 fully saturated rings. The summed E-state index contributed by atoms with van der Waals surface area (Å²) < 4.78 is 10.6. The highest BCUT2D eigenvalue weighted by molar-refractivity contribution is 5.39. The second-order valence-electron chi connectivity index (χ2n) is 3.03. The average Bonchev–Trinajstić information content (AvgIpc) is 2.28. The molecule has 0 heterocycles. The van der Waals surface area contributed by atoms with Gasteiger partial charge >= 0.3 is 0 Å². The molecule has 1 aromatic rings. The molecule has 0 spiro atoms. The first kappa shape index (κ1) is 11.8. The summed E-state index contributed by atoms with van der Waals surface area (Å²) in [7, 11) is 0. The SMILES string of the molecule is CCOc1ccccc1OC[C@H](O)CO. The second kappa shape index (κ2) is 6.27. The van der Waals surface area contributed by atoms with Gasteiger partial charge < -0.3 is 19.7 Å². The molecular weight excluding hydrogens is 196 g/mol. The highest BCUT2D eigenvalue weighted by Crippen LogP contribution is 2.26. The second-order valence-corrected chi connectivity index (χ2v) is 3.03. The molecule has 1 atom stereocenters. The molecular formula is C11H16O4. The first-order valence-corrected chi connectivity index (χ1v) is 4.91. The Morgan fingerprint density at radius 3 is 2.33 bits per heavy atom. The van der Waals surface area contributed by atoms with Gasteiger partial charge in [-0.3, -0.25) is 0 Å². The quantitative estimate of drug-likeness (QED) is 0.733. The molecule has 1 rings (SSSR count). The van der Waals surface area contributed by atoms with Gasteiger partial charge in [-0.2, -0.15) is 0 Å². The van der Waals surface area contributed by atoms with Crippen LogP contribution in [0, 0.1) is 0 Å². The van der Waals surface area contributed by atoms with E-state index >= 15 is 0 Å². The lowest BCUT2D eigenvalue weighted by Gasteiger charge is -2.13. The van der Waals surface area contributed by atoms with Crippen molar-refractivity contribution >= 4 is 0 Å².